The van der Waals surface area contributed by atoms with Crippen molar-refractivity contribution in [2.75, 3.05) is 20.8 Å². The van der Waals surface area contributed by atoms with Crippen molar-refractivity contribution in [2.45, 2.75) is 33.1 Å². The van der Waals surface area contributed by atoms with Crippen molar-refractivity contribution in [3.05, 3.63) is 47.0 Å². The van der Waals surface area contributed by atoms with E-state index in [1.165, 1.54) is 27.6 Å². The van der Waals surface area contributed by atoms with Crippen LogP contribution in [0.2, 0.25) is 0 Å². The summed E-state index contributed by atoms with van der Waals surface area (Å²) in [5.41, 5.74) is 12.9. The number of unbranched alkanes of at least 4 members (excludes halogenated alkanes) is 1. The van der Waals surface area contributed by atoms with Crippen molar-refractivity contribution in [3.8, 4) is 22.8 Å². The molecule has 0 fully saturated rings. The Kier molecular flexibility index (Phi) is 5.52. The average Bonchev–Trinajstić information content (AvgIpc) is 3.05. The summed E-state index contributed by atoms with van der Waals surface area (Å²) in [7, 11) is 3.36. The molecule has 0 saturated heterocycles. The molecule has 1 aromatic heterocycles. The molecule has 3 N–H and O–H groups in total. The highest BCUT2D eigenvalue weighted by Crippen LogP contribution is 2.42. The molecule has 138 valence electrons. The minimum atomic E-state index is 0.720. The Morgan fingerprint density at radius 1 is 0.962 bits per heavy atom. The first-order chi connectivity index (χ1) is 12.6. The average molecular weight is 352 g/mol. The highest BCUT2D eigenvalue weighted by atomic mass is 16.5. The maximum atomic E-state index is 5.72. The van der Waals surface area contributed by atoms with Crippen LogP contribution in [0.5, 0.6) is 11.5 Å². The number of aromatic nitrogens is 1. The second-order valence-corrected chi connectivity index (χ2v) is 6.71. The van der Waals surface area contributed by atoms with Crippen LogP contribution in [0.4, 0.5) is 0 Å². The molecule has 1 heterocycles. The number of H-pyrrole nitrogens is 1. The van der Waals surface area contributed by atoms with E-state index in [0.717, 1.165) is 48.6 Å². The number of benzene rings is 2. The molecule has 0 aliphatic carbocycles. The van der Waals surface area contributed by atoms with E-state index >= 15 is 0 Å². The van der Waals surface area contributed by atoms with Gasteiger partial charge in [-0.3, -0.25) is 0 Å². The number of ether oxygens (including phenoxy) is 2. The van der Waals surface area contributed by atoms with E-state index < -0.39 is 0 Å². The van der Waals surface area contributed by atoms with Crippen LogP contribution >= 0.6 is 0 Å². The molecule has 0 spiro atoms. The first-order valence-corrected chi connectivity index (χ1v) is 9.14. The Morgan fingerprint density at radius 3 is 2.42 bits per heavy atom. The van der Waals surface area contributed by atoms with Gasteiger partial charge < -0.3 is 20.2 Å². The van der Waals surface area contributed by atoms with Gasteiger partial charge in [0, 0.05) is 16.5 Å². The zero-order valence-corrected chi connectivity index (χ0v) is 16.1. The number of hydrogen-bond acceptors (Lipinski definition) is 3. The van der Waals surface area contributed by atoms with Gasteiger partial charge in [-0.15, -0.1) is 0 Å². The third kappa shape index (κ3) is 3.17. The molecule has 26 heavy (non-hydrogen) atoms. The summed E-state index contributed by atoms with van der Waals surface area (Å²) < 4.78 is 11.2. The van der Waals surface area contributed by atoms with Crippen LogP contribution in [-0.2, 0) is 6.42 Å². The van der Waals surface area contributed by atoms with Crippen LogP contribution < -0.4 is 15.2 Å². The number of aryl methyl sites for hydroxylation is 3. The largest absolute Gasteiger partial charge is 0.493 e. The van der Waals surface area contributed by atoms with Gasteiger partial charge in [-0.2, -0.15) is 0 Å². The lowest BCUT2D eigenvalue weighted by atomic mass is 9.96. The number of aromatic amines is 1. The SMILES string of the molecule is COc1cccc(-c2[nH]c3c(C)ccc(C)c3c2CCCCN)c1OC. The quantitative estimate of drug-likeness (QED) is 0.603. The van der Waals surface area contributed by atoms with E-state index in [1.54, 1.807) is 14.2 Å². The van der Waals surface area contributed by atoms with Crippen LogP contribution in [0, 0.1) is 13.8 Å². The highest BCUT2D eigenvalue weighted by molar-refractivity contribution is 5.96. The lowest BCUT2D eigenvalue weighted by Gasteiger charge is -2.13. The van der Waals surface area contributed by atoms with Gasteiger partial charge >= 0.3 is 0 Å². The maximum absolute atomic E-state index is 5.72. The van der Waals surface area contributed by atoms with Crippen LogP contribution in [0.3, 0.4) is 0 Å². The van der Waals surface area contributed by atoms with Crippen molar-refractivity contribution < 1.29 is 9.47 Å². The molecule has 4 nitrogen and oxygen atoms in total. The Balaban J connectivity index is 2.27. The van der Waals surface area contributed by atoms with E-state index in [2.05, 4.69) is 37.0 Å². The fourth-order valence-corrected chi connectivity index (χ4v) is 3.70. The van der Waals surface area contributed by atoms with Crippen molar-refractivity contribution in [3.63, 3.8) is 0 Å². The summed E-state index contributed by atoms with van der Waals surface area (Å²) in [5.74, 6) is 1.50. The van der Waals surface area contributed by atoms with Crippen molar-refractivity contribution >= 4 is 10.9 Å². The van der Waals surface area contributed by atoms with E-state index in [-0.39, 0.29) is 0 Å². The minimum Gasteiger partial charge on any atom is -0.493 e. The number of fused-ring (bicyclic) bond motifs is 1. The van der Waals surface area contributed by atoms with Crippen LogP contribution in [-0.4, -0.2) is 25.7 Å². The van der Waals surface area contributed by atoms with Gasteiger partial charge in [0.2, 0.25) is 0 Å². The maximum Gasteiger partial charge on any atom is 0.170 e. The van der Waals surface area contributed by atoms with E-state index in [0.29, 0.717) is 0 Å². The predicted octanol–water partition coefficient (Wildman–Crippen LogP) is 4.75. The molecule has 0 aliphatic heterocycles. The van der Waals surface area contributed by atoms with Crippen molar-refractivity contribution in [2.24, 2.45) is 5.73 Å². The molecule has 2 aromatic carbocycles. The topological polar surface area (TPSA) is 60.3 Å². The Morgan fingerprint density at radius 2 is 1.73 bits per heavy atom. The number of nitrogens with one attached hydrogen (secondary N) is 1. The normalized spacial score (nSPS) is 11.1. The molecule has 0 radical (unpaired) electrons. The predicted molar refractivity (Wildman–Crippen MR) is 108 cm³/mol. The number of rotatable bonds is 7. The van der Waals surface area contributed by atoms with Crippen LogP contribution in [0.1, 0.15) is 29.5 Å². The molecule has 3 rings (SSSR count). The number of methoxy groups -OCH3 is 2. The van der Waals surface area contributed by atoms with E-state index in [1.807, 2.05) is 12.1 Å². The third-order valence-corrected chi connectivity index (χ3v) is 5.03. The van der Waals surface area contributed by atoms with E-state index in [4.69, 9.17) is 15.2 Å². The molecule has 0 saturated carbocycles. The lowest BCUT2D eigenvalue weighted by Crippen LogP contribution is -2.00. The molecular weight excluding hydrogens is 324 g/mol. The van der Waals surface area contributed by atoms with Gasteiger partial charge in [0.1, 0.15) is 0 Å². The summed E-state index contributed by atoms with van der Waals surface area (Å²) in [6, 6.07) is 10.4. The smallest absolute Gasteiger partial charge is 0.170 e. The zero-order valence-electron chi connectivity index (χ0n) is 16.1. The summed E-state index contributed by atoms with van der Waals surface area (Å²) >= 11 is 0. The van der Waals surface area contributed by atoms with Gasteiger partial charge in [0.15, 0.2) is 11.5 Å². The first kappa shape index (κ1) is 18.3. The number of hydrogen-bond donors (Lipinski definition) is 2. The molecular formula is C22H28N2O2. The fourth-order valence-electron chi connectivity index (χ4n) is 3.70. The Labute approximate surface area is 155 Å². The standard InChI is InChI=1S/C22H28N2O2/c1-14-11-12-15(2)20-19(14)16(8-5-6-13-23)21(24-20)17-9-7-10-18(25-3)22(17)26-4/h7,9-12,24H,5-6,8,13,23H2,1-4H3. The molecule has 4 heteroatoms. The summed E-state index contributed by atoms with van der Waals surface area (Å²) in [6.07, 6.45) is 3.07. The minimum absolute atomic E-state index is 0.720. The first-order valence-electron chi connectivity index (χ1n) is 9.14. The Hall–Kier alpha value is -2.46. The fraction of sp³-hybridized carbons (Fsp3) is 0.364. The monoisotopic (exact) mass is 352 g/mol. The summed E-state index contributed by atoms with van der Waals surface area (Å²) in [5, 5.41) is 1.32. The second kappa shape index (κ2) is 7.83. The van der Waals surface area contributed by atoms with Crippen LogP contribution in [0.25, 0.3) is 22.2 Å². The summed E-state index contributed by atoms with van der Waals surface area (Å²) in [4.78, 5) is 3.68. The lowest BCUT2D eigenvalue weighted by molar-refractivity contribution is 0.356. The van der Waals surface area contributed by atoms with Gasteiger partial charge in [-0.05, 0) is 68.5 Å². The molecule has 0 bridgehead atoms. The molecule has 3 aromatic rings. The Bertz CT molecular complexity index is 912. The number of para-hydroxylation sites is 1. The molecule has 0 amide bonds. The summed E-state index contributed by atoms with van der Waals surface area (Å²) in [6.45, 7) is 5.04. The molecule has 0 atom stereocenters. The van der Waals surface area contributed by atoms with Crippen molar-refractivity contribution in [1.82, 2.24) is 4.98 Å². The van der Waals surface area contributed by atoms with Crippen molar-refractivity contribution in [1.29, 1.82) is 0 Å². The number of nitrogens with two attached hydrogens (primary N) is 1. The van der Waals surface area contributed by atoms with Gasteiger partial charge in [0.25, 0.3) is 0 Å². The van der Waals surface area contributed by atoms with Gasteiger partial charge in [-0.1, -0.05) is 18.2 Å². The second-order valence-electron chi connectivity index (χ2n) is 6.71. The molecule has 0 aliphatic rings. The van der Waals surface area contributed by atoms with E-state index in [9.17, 15) is 0 Å². The zero-order chi connectivity index (χ0) is 18.7. The van der Waals surface area contributed by atoms with Gasteiger partial charge in [0.05, 0.1) is 19.9 Å². The van der Waals surface area contributed by atoms with Gasteiger partial charge in [-0.25, -0.2) is 0 Å². The highest BCUT2D eigenvalue weighted by Gasteiger charge is 2.20. The molecule has 0 unspecified atom stereocenters. The third-order valence-electron chi connectivity index (χ3n) is 5.03. The van der Waals surface area contributed by atoms with Crippen LogP contribution in [0.15, 0.2) is 30.3 Å².